The van der Waals surface area contributed by atoms with Gasteiger partial charge in [-0.2, -0.15) is 0 Å². The van der Waals surface area contributed by atoms with Crippen LogP contribution >= 0.6 is 0 Å². The van der Waals surface area contributed by atoms with Crippen LogP contribution in [0.2, 0.25) is 0 Å². The van der Waals surface area contributed by atoms with Crippen LogP contribution in [-0.2, 0) is 19.1 Å². The molecule has 0 amide bonds. The zero-order valence-corrected chi connectivity index (χ0v) is 19.6. The van der Waals surface area contributed by atoms with E-state index in [4.69, 9.17) is 18.3 Å². The first-order chi connectivity index (χ1) is 16.8. The minimum Gasteiger partial charge on any atom is -0.472 e. The molecule has 0 radical (unpaired) electrons. The molecule has 5 atom stereocenters. The lowest BCUT2D eigenvalue weighted by Crippen LogP contribution is -2.58. The van der Waals surface area contributed by atoms with E-state index in [0.717, 1.165) is 17.4 Å². The van der Waals surface area contributed by atoms with E-state index in [9.17, 15) is 14.4 Å². The van der Waals surface area contributed by atoms with E-state index >= 15 is 0 Å². The van der Waals surface area contributed by atoms with Gasteiger partial charge in [0.2, 0.25) is 5.78 Å². The van der Waals surface area contributed by atoms with Crippen LogP contribution in [0.4, 0.5) is 0 Å². The molecule has 3 heterocycles. The van der Waals surface area contributed by atoms with Crippen molar-refractivity contribution >= 4 is 28.7 Å². The molecule has 7 heteroatoms. The van der Waals surface area contributed by atoms with E-state index in [2.05, 4.69) is 6.92 Å². The summed E-state index contributed by atoms with van der Waals surface area (Å²) in [7, 11) is 0. The van der Waals surface area contributed by atoms with E-state index in [0.29, 0.717) is 30.4 Å². The molecule has 6 rings (SSSR count). The van der Waals surface area contributed by atoms with Gasteiger partial charge < -0.3 is 18.3 Å². The number of fused-ring (bicyclic) bond motifs is 4. The Morgan fingerprint density at radius 1 is 1.11 bits per heavy atom. The number of rotatable bonds is 3. The summed E-state index contributed by atoms with van der Waals surface area (Å²) in [6, 6.07) is 8.64. The Hall–Kier alpha value is -3.61. The number of hydrogen-bond acceptors (Lipinski definition) is 7. The predicted molar refractivity (Wildman–Crippen MR) is 124 cm³/mol. The van der Waals surface area contributed by atoms with Crippen LogP contribution in [0.25, 0.3) is 11.0 Å². The van der Waals surface area contributed by atoms with E-state index in [-0.39, 0.29) is 28.8 Å². The van der Waals surface area contributed by atoms with Crippen LogP contribution in [0.1, 0.15) is 61.6 Å². The second kappa shape index (κ2) is 7.70. The average Bonchev–Trinajstić information content (AvgIpc) is 3.52. The van der Waals surface area contributed by atoms with E-state index in [1.807, 2.05) is 13.0 Å². The Bertz CT molecular complexity index is 1360. The van der Waals surface area contributed by atoms with Gasteiger partial charge >= 0.3 is 11.9 Å². The molecule has 1 saturated heterocycles. The summed E-state index contributed by atoms with van der Waals surface area (Å²) in [5.74, 6) is -1.92. The molecule has 0 spiro atoms. The molecule has 2 aromatic heterocycles. The highest BCUT2D eigenvalue weighted by Gasteiger charge is 2.63. The van der Waals surface area contributed by atoms with Gasteiger partial charge in [0, 0.05) is 16.9 Å². The summed E-state index contributed by atoms with van der Waals surface area (Å²) in [5, 5.41) is 0.878. The second-order valence-electron chi connectivity index (χ2n) is 10.6. The first-order valence-corrected chi connectivity index (χ1v) is 11.9. The molecule has 1 saturated carbocycles. The minimum atomic E-state index is -0.639. The quantitative estimate of drug-likeness (QED) is 0.445. The summed E-state index contributed by atoms with van der Waals surface area (Å²) < 4.78 is 22.0. The molecule has 1 aliphatic heterocycles. The summed E-state index contributed by atoms with van der Waals surface area (Å²) in [4.78, 5) is 40.0. The Balaban J connectivity index is 1.31. The van der Waals surface area contributed by atoms with Crippen molar-refractivity contribution in [3.8, 4) is 0 Å². The number of ether oxygens (including phenoxy) is 2. The highest BCUT2D eigenvalue weighted by molar-refractivity contribution is 6.02. The first-order valence-electron chi connectivity index (χ1n) is 11.9. The zero-order valence-electron chi connectivity index (χ0n) is 19.6. The molecular formula is C28H26O7. The van der Waals surface area contributed by atoms with Gasteiger partial charge in [0.25, 0.3) is 0 Å². The fourth-order valence-electron chi connectivity index (χ4n) is 6.64. The maximum atomic E-state index is 13.9. The summed E-state index contributed by atoms with van der Waals surface area (Å²) in [5.41, 5.74) is 0.696. The molecule has 2 fully saturated rings. The maximum absolute atomic E-state index is 13.9. The number of hydrogen-bond donors (Lipinski definition) is 0. The van der Waals surface area contributed by atoms with Crippen molar-refractivity contribution in [1.29, 1.82) is 0 Å². The van der Waals surface area contributed by atoms with Crippen LogP contribution in [-0.4, -0.2) is 17.7 Å². The van der Waals surface area contributed by atoms with Crippen molar-refractivity contribution in [1.82, 2.24) is 0 Å². The van der Waals surface area contributed by atoms with E-state index in [1.54, 1.807) is 49.1 Å². The largest absolute Gasteiger partial charge is 0.472 e. The van der Waals surface area contributed by atoms with Crippen LogP contribution in [0.3, 0.4) is 0 Å². The maximum Gasteiger partial charge on any atom is 0.343 e. The highest BCUT2D eigenvalue weighted by Crippen LogP contribution is 2.63. The van der Waals surface area contributed by atoms with Crippen molar-refractivity contribution in [2.24, 2.45) is 22.7 Å². The molecule has 1 aromatic carbocycles. The molecule has 35 heavy (non-hydrogen) atoms. The number of carbonyl (C=O) groups is 3. The van der Waals surface area contributed by atoms with Gasteiger partial charge in [-0.25, -0.2) is 4.79 Å². The molecule has 180 valence electrons. The van der Waals surface area contributed by atoms with Crippen molar-refractivity contribution in [2.45, 2.75) is 45.6 Å². The third-order valence-electron chi connectivity index (χ3n) is 8.39. The van der Waals surface area contributed by atoms with Gasteiger partial charge in [0.05, 0.1) is 30.3 Å². The van der Waals surface area contributed by atoms with Crippen LogP contribution in [0.15, 0.2) is 69.8 Å². The van der Waals surface area contributed by atoms with Crippen molar-refractivity contribution < 1.29 is 32.7 Å². The average molecular weight is 475 g/mol. The number of Topliss-reactive ketones (excluding diaryl/α,β-unsaturated/α-hetero) is 1. The second-order valence-corrected chi connectivity index (χ2v) is 10.6. The number of allylic oxidation sites excluding steroid dienone is 2. The predicted octanol–water partition coefficient (Wildman–Crippen LogP) is 5.77. The minimum absolute atomic E-state index is 0.0534. The van der Waals surface area contributed by atoms with Gasteiger partial charge in [-0.1, -0.05) is 19.9 Å². The normalized spacial score (nSPS) is 32.4. The van der Waals surface area contributed by atoms with Gasteiger partial charge in [-0.3, -0.25) is 9.59 Å². The fraction of sp³-hybridized carbons (Fsp3) is 0.393. The molecule has 2 aliphatic carbocycles. The Labute approximate surface area is 202 Å². The van der Waals surface area contributed by atoms with Crippen LogP contribution in [0.5, 0.6) is 0 Å². The van der Waals surface area contributed by atoms with Gasteiger partial charge in [-0.15, -0.1) is 0 Å². The number of ketones is 1. The lowest BCUT2D eigenvalue weighted by atomic mass is 9.46. The fourth-order valence-corrected chi connectivity index (χ4v) is 6.64. The Kier molecular flexibility index (Phi) is 4.82. The summed E-state index contributed by atoms with van der Waals surface area (Å²) in [6.07, 6.45) is 8.43. The Morgan fingerprint density at radius 3 is 2.77 bits per heavy atom. The SMILES string of the molecule is C[C@]12CC=C(OC(=O)c3ccc4ccoc4c3)C(=O)[C@@H]1[C@@]1(C)C[C@@H](c3ccoc3)OC(=O)[C@@H]1CC2. The number of cyclic esters (lactones) is 1. The molecule has 0 unspecified atom stereocenters. The van der Waals surface area contributed by atoms with E-state index < -0.39 is 23.4 Å². The Morgan fingerprint density at radius 2 is 1.97 bits per heavy atom. The molecule has 0 N–H and O–H groups in total. The number of esters is 2. The third kappa shape index (κ3) is 3.36. The van der Waals surface area contributed by atoms with Crippen molar-refractivity contribution in [3.63, 3.8) is 0 Å². The monoisotopic (exact) mass is 474 g/mol. The molecular weight excluding hydrogens is 448 g/mol. The van der Waals surface area contributed by atoms with Gasteiger partial charge in [0.1, 0.15) is 11.7 Å². The van der Waals surface area contributed by atoms with Crippen LogP contribution < -0.4 is 0 Å². The number of furan rings is 2. The smallest absolute Gasteiger partial charge is 0.343 e. The molecule has 0 bridgehead atoms. The number of carbonyl (C=O) groups excluding carboxylic acids is 3. The standard InChI is InChI=1S/C28H26O7/c1-27-9-5-19-26(31)35-22(18-7-11-32-15-18)14-28(19,2)24(27)23(29)20(6-10-27)34-25(30)17-4-3-16-8-12-33-21(16)13-17/h3-4,6-8,11-13,15,19,22,24H,5,9-10,14H2,1-2H3/t19-,22-,24-,27-,28-/m0/s1. The van der Waals surface area contributed by atoms with Gasteiger partial charge in [-0.05, 0) is 66.9 Å². The lowest BCUT2D eigenvalue weighted by molar-refractivity contribution is -0.193. The molecule has 7 nitrogen and oxygen atoms in total. The topological polar surface area (TPSA) is 96.0 Å². The third-order valence-corrected chi connectivity index (χ3v) is 8.39. The van der Waals surface area contributed by atoms with Crippen molar-refractivity contribution in [3.05, 3.63) is 72.1 Å². The molecule has 3 aliphatic rings. The summed E-state index contributed by atoms with van der Waals surface area (Å²) >= 11 is 0. The molecule has 3 aromatic rings. The lowest BCUT2D eigenvalue weighted by Gasteiger charge is -2.58. The summed E-state index contributed by atoms with van der Waals surface area (Å²) in [6.45, 7) is 4.12. The van der Waals surface area contributed by atoms with Gasteiger partial charge in [0.15, 0.2) is 5.76 Å². The van der Waals surface area contributed by atoms with E-state index in [1.165, 1.54) is 0 Å². The first kappa shape index (κ1) is 21.9. The highest BCUT2D eigenvalue weighted by atomic mass is 16.5. The zero-order chi connectivity index (χ0) is 24.4. The van der Waals surface area contributed by atoms with Crippen LogP contribution in [0, 0.1) is 22.7 Å². The van der Waals surface area contributed by atoms with Crippen molar-refractivity contribution in [2.75, 3.05) is 0 Å². The number of benzene rings is 1.